The van der Waals surface area contributed by atoms with E-state index in [0.29, 0.717) is 11.8 Å². The lowest BCUT2D eigenvalue weighted by molar-refractivity contribution is -0.0445. The summed E-state index contributed by atoms with van der Waals surface area (Å²) in [6.45, 7) is 3.87. The normalized spacial score (nSPS) is 29.1. The summed E-state index contributed by atoms with van der Waals surface area (Å²) in [6.07, 6.45) is 0.958. The van der Waals surface area contributed by atoms with Crippen molar-refractivity contribution in [3.8, 4) is 0 Å². The molecule has 1 aliphatic carbocycles. The first-order valence-corrected chi connectivity index (χ1v) is 5.01. The molecular formula is C10H18F2O. The zero-order valence-electron chi connectivity index (χ0n) is 8.30. The minimum absolute atomic E-state index is 0.0778. The molecule has 1 aliphatic rings. The second-order valence-corrected chi connectivity index (χ2v) is 4.10. The molecule has 0 aliphatic heterocycles. The molecule has 78 valence electrons. The van der Waals surface area contributed by atoms with Crippen LogP contribution in [0.1, 0.15) is 33.1 Å². The predicted molar refractivity (Wildman–Crippen MR) is 47.9 cm³/mol. The summed E-state index contributed by atoms with van der Waals surface area (Å²) in [6, 6.07) is 0. The van der Waals surface area contributed by atoms with Crippen LogP contribution in [0.2, 0.25) is 0 Å². The van der Waals surface area contributed by atoms with E-state index < -0.39 is 13.0 Å². The molecule has 3 heteroatoms. The molecule has 0 spiro atoms. The van der Waals surface area contributed by atoms with Gasteiger partial charge in [0.2, 0.25) is 0 Å². The maximum Gasteiger partial charge on any atom is 0.261 e. The summed E-state index contributed by atoms with van der Waals surface area (Å²) >= 11 is 0. The van der Waals surface area contributed by atoms with E-state index in [4.69, 9.17) is 4.74 Å². The second-order valence-electron chi connectivity index (χ2n) is 4.10. The van der Waals surface area contributed by atoms with E-state index in [1.54, 1.807) is 0 Å². The maximum absolute atomic E-state index is 11.9. The second kappa shape index (κ2) is 4.89. The third-order valence-corrected chi connectivity index (χ3v) is 2.80. The number of halogens is 2. The summed E-state index contributed by atoms with van der Waals surface area (Å²) in [4.78, 5) is 0. The van der Waals surface area contributed by atoms with Crippen molar-refractivity contribution in [2.75, 3.05) is 6.61 Å². The van der Waals surface area contributed by atoms with Gasteiger partial charge in [0, 0.05) is 0 Å². The van der Waals surface area contributed by atoms with E-state index in [0.717, 1.165) is 19.3 Å². The molecule has 0 aromatic carbocycles. The van der Waals surface area contributed by atoms with Crippen LogP contribution in [0, 0.1) is 11.8 Å². The SMILES string of the molecule is CC(C)C1CCCC1OCC(F)F. The predicted octanol–water partition coefficient (Wildman–Crippen LogP) is 3.09. The average molecular weight is 192 g/mol. The van der Waals surface area contributed by atoms with Crippen molar-refractivity contribution in [2.45, 2.75) is 45.6 Å². The first-order chi connectivity index (χ1) is 6.11. The van der Waals surface area contributed by atoms with Crippen molar-refractivity contribution in [1.82, 2.24) is 0 Å². The lowest BCUT2D eigenvalue weighted by Crippen LogP contribution is -2.24. The van der Waals surface area contributed by atoms with E-state index in [1.165, 1.54) is 0 Å². The molecule has 1 nitrogen and oxygen atoms in total. The smallest absolute Gasteiger partial charge is 0.261 e. The summed E-state index contributed by atoms with van der Waals surface area (Å²) in [7, 11) is 0. The molecule has 0 amide bonds. The van der Waals surface area contributed by atoms with Gasteiger partial charge in [-0.3, -0.25) is 0 Å². The standard InChI is InChI=1S/C10H18F2O/c1-7(2)8-4-3-5-9(8)13-6-10(11)12/h7-10H,3-6H2,1-2H3. The third kappa shape index (κ3) is 3.22. The van der Waals surface area contributed by atoms with Gasteiger partial charge in [0.25, 0.3) is 6.43 Å². The summed E-state index contributed by atoms with van der Waals surface area (Å²) in [5, 5.41) is 0. The van der Waals surface area contributed by atoms with Crippen LogP contribution in [0.25, 0.3) is 0 Å². The summed E-state index contributed by atoms with van der Waals surface area (Å²) in [5.41, 5.74) is 0. The fourth-order valence-corrected chi connectivity index (χ4v) is 2.12. The highest BCUT2D eigenvalue weighted by atomic mass is 19.3. The van der Waals surface area contributed by atoms with Crippen LogP contribution in [-0.4, -0.2) is 19.1 Å². The van der Waals surface area contributed by atoms with Gasteiger partial charge in [-0.2, -0.15) is 0 Å². The Labute approximate surface area is 78.5 Å². The molecule has 13 heavy (non-hydrogen) atoms. The van der Waals surface area contributed by atoms with Gasteiger partial charge in [0.05, 0.1) is 6.10 Å². The van der Waals surface area contributed by atoms with E-state index in [2.05, 4.69) is 13.8 Å². The van der Waals surface area contributed by atoms with Gasteiger partial charge in [-0.15, -0.1) is 0 Å². The zero-order chi connectivity index (χ0) is 9.84. The minimum atomic E-state index is -2.33. The number of ether oxygens (including phenoxy) is 1. The van der Waals surface area contributed by atoms with Crippen molar-refractivity contribution in [2.24, 2.45) is 11.8 Å². The molecule has 0 aromatic heterocycles. The lowest BCUT2D eigenvalue weighted by atomic mass is 9.92. The molecule has 0 bridgehead atoms. The molecule has 2 atom stereocenters. The van der Waals surface area contributed by atoms with Crippen molar-refractivity contribution in [1.29, 1.82) is 0 Å². The Morgan fingerprint density at radius 1 is 1.31 bits per heavy atom. The minimum Gasteiger partial charge on any atom is -0.372 e. The number of rotatable bonds is 4. The van der Waals surface area contributed by atoms with Crippen molar-refractivity contribution < 1.29 is 13.5 Å². The highest BCUT2D eigenvalue weighted by Gasteiger charge is 2.30. The van der Waals surface area contributed by atoms with Crippen molar-refractivity contribution >= 4 is 0 Å². The molecule has 1 saturated carbocycles. The number of hydrogen-bond acceptors (Lipinski definition) is 1. The van der Waals surface area contributed by atoms with Crippen LogP contribution in [0.4, 0.5) is 8.78 Å². The van der Waals surface area contributed by atoms with Gasteiger partial charge >= 0.3 is 0 Å². The Morgan fingerprint density at radius 2 is 2.00 bits per heavy atom. The molecule has 1 fully saturated rings. The van der Waals surface area contributed by atoms with Gasteiger partial charge in [-0.05, 0) is 24.7 Å². The molecule has 0 radical (unpaired) electrons. The van der Waals surface area contributed by atoms with Gasteiger partial charge in [0.15, 0.2) is 0 Å². The van der Waals surface area contributed by atoms with Crippen LogP contribution in [0.3, 0.4) is 0 Å². The van der Waals surface area contributed by atoms with E-state index in [-0.39, 0.29) is 6.10 Å². The molecule has 0 heterocycles. The Hall–Kier alpha value is -0.180. The van der Waals surface area contributed by atoms with Crippen LogP contribution in [-0.2, 0) is 4.74 Å². The molecule has 0 aromatic rings. The highest BCUT2D eigenvalue weighted by Crippen LogP contribution is 2.33. The monoisotopic (exact) mass is 192 g/mol. The molecule has 1 rings (SSSR count). The molecule has 0 saturated heterocycles. The Bertz CT molecular complexity index is 148. The largest absolute Gasteiger partial charge is 0.372 e. The molecule has 2 unspecified atom stereocenters. The molecule has 0 N–H and O–H groups in total. The topological polar surface area (TPSA) is 9.23 Å². The first kappa shape index (κ1) is 10.9. The quantitative estimate of drug-likeness (QED) is 0.665. The number of alkyl halides is 2. The van der Waals surface area contributed by atoms with E-state index in [9.17, 15) is 8.78 Å². The van der Waals surface area contributed by atoms with Gasteiger partial charge in [-0.1, -0.05) is 20.3 Å². The van der Waals surface area contributed by atoms with Crippen LogP contribution in [0.15, 0.2) is 0 Å². The fraction of sp³-hybridized carbons (Fsp3) is 1.00. The van der Waals surface area contributed by atoms with E-state index >= 15 is 0 Å². The summed E-state index contributed by atoms with van der Waals surface area (Å²) < 4.78 is 29.0. The highest BCUT2D eigenvalue weighted by molar-refractivity contribution is 4.80. The van der Waals surface area contributed by atoms with Crippen LogP contribution >= 0.6 is 0 Å². The summed E-state index contributed by atoms with van der Waals surface area (Å²) in [5.74, 6) is 1.03. The molecular weight excluding hydrogens is 174 g/mol. The lowest BCUT2D eigenvalue weighted by Gasteiger charge is -2.23. The maximum atomic E-state index is 11.9. The Balaban J connectivity index is 2.31. The van der Waals surface area contributed by atoms with Crippen molar-refractivity contribution in [3.63, 3.8) is 0 Å². The van der Waals surface area contributed by atoms with E-state index in [1.807, 2.05) is 0 Å². The van der Waals surface area contributed by atoms with Gasteiger partial charge in [0.1, 0.15) is 6.61 Å². The first-order valence-electron chi connectivity index (χ1n) is 5.01. The average Bonchev–Trinajstić information content (AvgIpc) is 2.47. The number of hydrogen-bond donors (Lipinski definition) is 0. The Morgan fingerprint density at radius 3 is 2.54 bits per heavy atom. The van der Waals surface area contributed by atoms with Gasteiger partial charge in [-0.25, -0.2) is 8.78 Å². The van der Waals surface area contributed by atoms with Gasteiger partial charge < -0.3 is 4.74 Å². The van der Waals surface area contributed by atoms with Crippen LogP contribution in [0.5, 0.6) is 0 Å². The van der Waals surface area contributed by atoms with Crippen molar-refractivity contribution in [3.05, 3.63) is 0 Å². The fourth-order valence-electron chi connectivity index (χ4n) is 2.12. The Kier molecular flexibility index (Phi) is 4.10. The van der Waals surface area contributed by atoms with Crippen LogP contribution < -0.4 is 0 Å². The zero-order valence-corrected chi connectivity index (χ0v) is 8.30. The third-order valence-electron chi connectivity index (χ3n) is 2.80.